The van der Waals surface area contributed by atoms with Crippen LogP contribution >= 0.6 is 0 Å². The second-order valence-electron chi connectivity index (χ2n) is 4.95. The number of benzene rings is 2. The van der Waals surface area contributed by atoms with Gasteiger partial charge < -0.3 is 10.4 Å². The molecular formula is C16H17F2NO. The van der Waals surface area contributed by atoms with Gasteiger partial charge in [-0.3, -0.25) is 0 Å². The van der Waals surface area contributed by atoms with Gasteiger partial charge in [0, 0.05) is 18.2 Å². The highest BCUT2D eigenvalue weighted by Gasteiger charge is 2.28. The molecule has 0 aromatic heterocycles. The van der Waals surface area contributed by atoms with E-state index in [2.05, 4.69) is 5.32 Å². The Kier molecular flexibility index (Phi) is 4.47. The van der Waals surface area contributed by atoms with E-state index in [9.17, 15) is 13.9 Å². The molecule has 0 saturated heterocycles. The van der Waals surface area contributed by atoms with Gasteiger partial charge in [-0.25, -0.2) is 8.78 Å². The average molecular weight is 277 g/mol. The summed E-state index contributed by atoms with van der Waals surface area (Å²) in [5.74, 6) is -1.29. The van der Waals surface area contributed by atoms with Gasteiger partial charge in [0.1, 0.15) is 11.6 Å². The van der Waals surface area contributed by atoms with Crippen LogP contribution in [0, 0.1) is 11.6 Å². The zero-order valence-corrected chi connectivity index (χ0v) is 11.2. The molecule has 2 aromatic rings. The second kappa shape index (κ2) is 6.11. The van der Waals surface area contributed by atoms with Gasteiger partial charge in [0.15, 0.2) is 0 Å². The molecule has 0 saturated carbocycles. The highest BCUT2D eigenvalue weighted by atomic mass is 19.1. The lowest BCUT2D eigenvalue weighted by Crippen LogP contribution is -2.43. The molecule has 2 aromatic carbocycles. The molecule has 1 atom stereocenters. The molecule has 2 nitrogen and oxygen atoms in total. The molecule has 2 N–H and O–H groups in total. The summed E-state index contributed by atoms with van der Waals surface area (Å²) in [4.78, 5) is 0. The lowest BCUT2D eigenvalue weighted by atomic mass is 9.92. The summed E-state index contributed by atoms with van der Waals surface area (Å²) in [6.07, 6.45) is 0. The summed E-state index contributed by atoms with van der Waals surface area (Å²) in [5, 5.41) is 12.7. The zero-order chi connectivity index (χ0) is 14.6. The van der Waals surface area contributed by atoms with Crippen LogP contribution in [0.3, 0.4) is 0 Å². The standard InChI is InChI=1S/C16H17F2NO/c1-16(11-20,14-8-7-13(17)9-15(14)18)19-10-12-5-3-2-4-6-12/h2-9,19-20H,10-11H2,1H3. The third-order valence-electron chi connectivity index (χ3n) is 3.37. The average Bonchev–Trinajstić information content (AvgIpc) is 2.46. The maximum atomic E-state index is 13.9. The van der Waals surface area contributed by atoms with E-state index in [1.165, 1.54) is 12.1 Å². The molecule has 1 unspecified atom stereocenters. The highest BCUT2D eigenvalue weighted by Crippen LogP contribution is 2.24. The first-order chi connectivity index (χ1) is 9.55. The van der Waals surface area contributed by atoms with Gasteiger partial charge in [-0.15, -0.1) is 0 Å². The largest absolute Gasteiger partial charge is 0.394 e. The first-order valence-electron chi connectivity index (χ1n) is 6.40. The molecule has 2 rings (SSSR count). The fraction of sp³-hybridized carbons (Fsp3) is 0.250. The van der Waals surface area contributed by atoms with Gasteiger partial charge in [-0.1, -0.05) is 36.4 Å². The predicted octanol–water partition coefficient (Wildman–Crippen LogP) is 2.96. The Hall–Kier alpha value is -1.78. The number of halogens is 2. The third-order valence-corrected chi connectivity index (χ3v) is 3.37. The Bertz CT molecular complexity index is 574. The minimum Gasteiger partial charge on any atom is -0.394 e. The van der Waals surface area contributed by atoms with Gasteiger partial charge >= 0.3 is 0 Å². The maximum Gasteiger partial charge on any atom is 0.131 e. The van der Waals surface area contributed by atoms with Gasteiger partial charge in [-0.2, -0.15) is 0 Å². The van der Waals surface area contributed by atoms with Crippen LogP contribution in [0.4, 0.5) is 8.78 Å². The molecule has 0 heterocycles. The van der Waals surface area contributed by atoms with Crippen LogP contribution in [0.2, 0.25) is 0 Å². The van der Waals surface area contributed by atoms with Crippen LogP contribution in [-0.2, 0) is 12.1 Å². The Balaban J connectivity index is 2.20. The van der Waals surface area contributed by atoms with Crippen molar-refractivity contribution in [3.05, 3.63) is 71.3 Å². The second-order valence-corrected chi connectivity index (χ2v) is 4.95. The van der Waals surface area contributed by atoms with Crippen molar-refractivity contribution in [1.82, 2.24) is 5.32 Å². The van der Waals surface area contributed by atoms with Crippen molar-refractivity contribution < 1.29 is 13.9 Å². The predicted molar refractivity (Wildman–Crippen MR) is 74.1 cm³/mol. The Labute approximate surface area is 117 Å². The number of aliphatic hydroxyl groups is 1. The number of nitrogens with one attached hydrogen (secondary N) is 1. The molecular weight excluding hydrogens is 260 g/mol. The van der Waals surface area contributed by atoms with E-state index in [0.717, 1.165) is 11.6 Å². The zero-order valence-electron chi connectivity index (χ0n) is 11.2. The summed E-state index contributed by atoms with van der Waals surface area (Å²) >= 11 is 0. The molecule has 0 fully saturated rings. The molecule has 0 aliphatic carbocycles. The van der Waals surface area contributed by atoms with E-state index < -0.39 is 17.2 Å². The maximum absolute atomic E-state index is 13.9. The first-order valence-corrected chi connectivity index (χ1v) is 6.40. The minimum absolute atomic E-state index is 0.248. The fourth-order valence-corrected chi connectivity index (χ4v) is 2.07. The molecule has 4 heteroatoms. The van der Waals surface area contributed by atoms with Crippen molar-refractivity contribution in [2.45, 2.75) is 19.0 Å². The van der Waals surface area contributed by atoms with Crippen molar-refractivity contribution >= 4 is 0 Å². The first kappa shape index (κ1) is 14.6. The molecule has 0 amide bonds. The molecule has 0 radical (unpaired) electrons. The van der Waals surface area contributed by atoms with E-state index >= 15 is 0 Å². The quantitative estimate of drug-likeness (QED) is 0.880. The van der Waals surface area contributed by atoms with Gasteiger partial charge in [0.25, 0.3) is 0 Å². The van der Waals surface area contributed by atoms with Crippen LogP contribution in [0.5, 0.6) is 0 Å². The van der Waals surface area contributed by atoms with E-state index in [1.807, 2.05) is 30.3 Å². The number of hydrogen-bond acceptors (Lipinski definition) is 2. The molecule has 0 spiro atoms. The summed E-state index contributed by atoms with van der Waals surface area (Å²) in [6.45, 7) is 1.88. The summed E-state index contributed by atoms with van der Waals surface area (Å²) < 4.78 is 26.8. The molecule has 0 aliphatic heterocycles. The van der Waals surface area contributed by atoms with Gasteiger partial charge in [0.05, 0.1) is 12.1 Å². The third kappa shape index (κ3) is 3.21. The smallest absolute Gasteiger partial charge is 0.131 e. The number of aliphatic hydroxyl groups excluding tert-OH is 1. The van der Waals surface area contributed by atoms with Crippen molar-refractivity contribution in [2.75, 3.05) is 6.61 Å². The summed E-state index contributed by atoms with van der Waals surface area (Å²) in [5.41, 5.74) is 0.306. The molecule has 106 valence electrons. The monoisotopic (exact) mass is 277 g/mol. The van der Waals surface area contributed by atoms with E-state index in [1.54, 1.807) is 6.92 Å². The number of rotatable bonds is 5. The van der Waals surface area contributed by atoms with E-state index in [-0.39, 0.29) is 12.2 Å². The lowest BCUT2D eigenvalue weighted by Gasteiger charge is -2.30. The van der Waals surface area contributed by atoms with Crippen molar-refractivity contribution in [2.24, 2.45) is 0 Å². The Morgan fingerprint density at radius 2 is 1.80 bits per heavy atom. The molecule has 0 bridgehead atoms. The normalized spacial score (nSPS) is 14.0. The van der Waals surface area contributed by atoms with E-state index in [0.29, 0.717) is 6.54 Å². The van der Waals surface area contributed by atoms with Crippen LogP contribution in [0.15, 0.2) is 48.5 Å². The van der Waals surface area contributed by atoms with Crippen molar-refractivity contribution in [1.29, 1.82) is 0 Å². The molecule has 20 heavy (non-hydrogen) atoms. The summed E-state index contributed by atoms with van der Waals surface area (Å²) in [7, 11) is 0. The molecule has 0 aliphatic rings. The van der Waals surface area contributed by atoms with Crippen LogP contribution in [0.25, 0.3) is 0 Å². The SMILES string of the molecule is CC(CO)(NCc1ccccc1)c1ccc(F)cc1F. The number of hydrogen-bond donors (Lipinski definition) is 2. The van der Waals surface area contributed by atoms with Gasteiger partial charge in [0.2, 0.25) is 0 Å². The van der Waals surface area contributed by atoms with Gasteiger partial charge in [-0.05, 0) is 18.6 Å². The Morgan fingerprint density at radius 1 is 1.10 bits per heavy atom. The topological polar surface area (TPSA) is 32.3 Å². The van der Waals surface area contributed by atoms with Crippen LogP contribution in [0.1, 0.15) is 18.1 Å². The lowest BCUT2D eigenvalue weighted by molar-refractivity contribution is 0.169. The minimum atomic E-state index is -0.965. The van der Waals surface area contributed by atoms with E-state index in [4.69, 9.17) is 0 Å². The highest BCUT2D eigenvalue weighted by molar-refractivity contribution is 5.27. The van der Waals surface area contributed by atoms with Crippen LogP contribution < -0.4 is 5.32 Å². The van der Waals surface area contributed by atoms with Crippen molar-refractivity contribution in [3.63, 3.8) is 0 Å². The van der Waals surface area contributed by atoms with Crippen LogP contribution in [-0.4, -0.2) is 11.7 Å². The summed E-state index contributed by atoms with van der Waals surface area (Å²) in [6, 6.07) is 13.0. The Morgan fingerprint density at radius 3 is 2.40 bits per heavy atom. The van der Waals surface area contributed by atoms with Crippen molar-refractivity contribution in [3.8, 4) is 0 Å². The fourth-order valence-electron chi connectivity index (χ4n) is 2.07.